The standard InChI is InChI=1S/C9H9F2NO2.ClH/c1-14-9(13)6-3-2-5(4-12)7(10)8(6)11;/h2-3H,4,12H2,1H3;1H. The molecule has 0 aliphatic carbocycles. The van der Waals surface area contributed by atoms with Crippen LogP contribution >= 0.6 is 12.4 Å². The van der Waals surface area contributed by atoms with Gasteiger partial charge in [-0.1, -0.05) is 6.07 Å². The van der Waals surface area contributed by atoms with E-state index in [4.69, 9.17) is 5.73 Å². The van der Waals surface area contributed by atoms with E-state index in [-0.39, 0.29) is 24.5 Å². The summed E-state index contributed by atoms with van der Waals surface area (Å²) >= 11 is 0. The van der Waals surface area contributed by atoms with Crippen molar-refractivity contribution in [2.75, 3.05) is 7.11 Å². The van der Waals surface area contributed by atoms with E-state index in [9.17, 15) is 13.6 Å². The Hall–Kier alpha value is -1.20. The molecule has 1 aromatic rings. The van der Waals surface area contributed by atoms with Crippen molar-refractivity contribution in [1.29, 1.82) is 0 Å². The fraction of sp³-hybridized carbons (Fsp3) is 0.222. The third-order valence-corrected chi connectivity index (χ3v) is 1.79. The van der Waals surface area contributed by atoms with E-state index < -0.39 is 23.2 Å². The van der Waals surface area contributed by atoms with Crippen LogP contribution in [0.25, 0.3) is 0 Å². The van der Waals surface area contributed by atoms with Crippen molar-refractivity contribution in [3.05, 3.63) is 34.9 Å². The van der Waals surface area contributed by atoms with Crippen LogP contribution in [0.15, 0.2) is 12.1 Å². The molecular formula is C9H10ClF2NO2. The number of carbonyl (C=O) groups is 1. The summed E-state index contributed by atoms with van der Waals surface area (Å²) in [7, 11) is 1.09. The Morgan fingerprint density at radius 1 is 1.40 bits per heavy atom. The minimum absolute atomic E-state index is 0. The van der Waals surface area contributed by atoms with Gasteiger partial charge in [-0.3, -0.25) is 0 Å². The molecule has 0 heterocycles. The van der Waals surface area contributed by atoms with Crippen LogP contribution in [-0.2, 0) is 11.3 Å². The largest absolute Gasteiger partial charge is 0.465 e. The topological polar surface area (TPSA) is 52.3 Å². The third kappa shape index (κ3) is 2.64. The maximum Gasteiger partial charge on any atom is 0.340 e. The summed E-state index contributed by atoms with van der Waals surface area (Å²) < 4.78 is 30.5. The molecule has 0 aliphatic rings. The van der Waals surface area contributed by atoms with Gasteiger partial charge in [-0.15, -0.1) is 12.4 Å². The van der Waals surface area contributed by atoms with Crippen LogP contribution in [0.2, 0.25) is 0 Å². The first-order valence-electron chi connectivity index (χ1n) is 3.87. The molecule has 6 heteroatoms. The molecular weight excluding hydrogens is 228 g/mol. The van der Waals surface area contributed by atoms with Crippen molar-refractivity contribution in [1.82, 2.24) is 0 Å². The van der Waals surface area contributed by atoms with Gasteiger partial charge in [0.2, 0.25) is 0 Å². The first kappa shape index (κ1) is 13.8. The Morgan fingerprint density at radius 3 is 2.47 bits per heavy atom. The normalized spacial score (nSPS) is 9.33. The molecule has 1 rings (SSSR count). The fourth-order valence-corrected chi connectivity index (χ4v) is 1.01. The maximum absolute atomic E-state index is 13.2. The van der Waals surface area contributed by atoms with Gasteiger partial charge in [0.15, 0.2) is 11.6 Å². The van der Waals surface area contributed by atoms with E-state index in [0.717, 1.165) is 13.2 Å². The Balaban J connectivity index is 0.00000196. The second-order valence-electron chi connectivity index (χ2n) is 2.60. The van der Waals surface area contributed by atoms with Crippen LogP contribution in [0.1, 0.15) is 15.9 Å². The second kappa shape index (κ2) is 5.63. The van der Waals surface area contributed by atoms with E-state index in [0.29, 0.717) is 0 Å². The first-order valence-corrected chi connectivity index (χ1v) is 3.87. The molecule has 84 valence electrons. The number of methoxy groups -OCH3 is 1. The van der Waals surface area contributed by atoms with Crippen molar-refractivity contribution in [3.63, 3.8) is 0 Å². The van der Waals surface area contributed by atoms with Crippen LogP contribution in [0.5, 0.6) is 0 Å². The zero-order valence-electron chi connectivity index (χ0n) is 7.92. The number of nitrogens with two attached hydrogens (primary N) is 1. The summed E-state index contributed by atoms with van der Waals surface area (Å²) in [4.78, 5) is 10.9. The average Bonchev–Trinajstić information content (AvgIpc) is 2.21. The Morgan fingerprint density at radius 2 is 2.00 bits per heavy atom. The molecule has 0 bridgehead atoms. The molecule has 0 aromatic heterocycles. The number of rotatable bonds is 2. The van der Waals surface area contributed by atoms with Crippen LogP contribution in [0.3, 0.4) is 0 Å². The van der Waals surface area contributed by atoms with E-state index in [1.54, 1.807) is 0 Å². The maximum atomic E-state index is 13.2. The lowest BCUT2D eigenvalue weighted by molar-refractivity contribution is 0.0594. The third-order valence-electron chi connectivity index (χ3n) is 1.79. The number of carbonyl (C=O) groups excluding carboxylic acids is 1. The number of esters is 1. The Labute approximate surface area is 91.6 Å². The first-order chi connectivity index (χ1) is 6.61. The monoisotopic (exact) mass is 237 g/mol. The zero-order chi connectivity index (χ0) is 10.7. The van der Waals surface area contributed by atoms with Crippen molar-refractivity contribution in [2.45, 2.75) is 6.54 Å². The molecule has 0 atom stereocenters. The van der Waals surface area contributed by atoms with Crippen molar-refractivity contribution in [2.24, 2.45) is 5.73 Å². The molecule has 0 fully saturated rings. The average molecular weight is 238 g/mol. The van der Waals surface area contributed by atoms with Crippen LogP contribution < -0.4 is 5.73 Å². The van der Waals surface area contributed by atoms with Gasteiger partial charge >= 0.3 is 5.97 Å². The van der Waals surface area contributed by atoms with E-state index >= 15 is 0 Å². The highest BCUT2D eigenvalue weighted by molar-refractivity contribution is 5.89. The molecule has 0 saturated carbocycles. The molecule has 3 nitrogen and oxygen atoms in total. The molecule has 1 aromatic carbocycles. The quantitative estimate of drug-likeness (QED) is 0.796. The van der Waals surface area contributed by atoms with Gasteiger partial charge in [-0.2, -0.15) is 0 Å². The number of benzene rings is 1. The van der Waals surface area contributed by atoms with Gasteiger partial charge in [0.25, 0.3) is 0 Å². The lowest BCUT2D eigenvalue weighted by Crippen LogP contribution is -2.09. The van der Waals surface area contributed by atoms with Crippen molar-refractivity contribution >= 4 is 18.4 Å². The summed E-state index contributed by atoms with van der Waals surface area (Å²) in [5.41, 5.74) is 4.75. The lowest BCUT2D eigenvalue weighted by Gasteiger charge is -2.04. The predicted octanol–water partition coefficient (Wildman–Crippen LogP) is 1.63. The molecule has 0 saturated heterocycles. The fourth-order valence-electron chi connectivity index (χ4n) is 1.01. The smallest absolute Gasteiger partial charge is 0.340 e. The minimum atomic E-state index is -1.22. The highest BCUT2D eigenvalue weighted by Crippen LogP contribution is 2.16. The van der Waals surface area contributed by atoms with E-state index in [1.807, 2.05) is 0 Å². The minimum Gasteiger partial charge on any atom is -0.465 e. The van der Waals surface area contributed by atoms with E-state index in [2.05, 4.69) is 4.74 Å². The molecule has 0 amide bonds. The molecule has 2 N–H and O–H groups in total. The lowest BCUT2D eigenvalue weighted by atomic mass is 10.1. The van der Waals surface area contributed by atoms with Gasteiger partial charge in [-0.25, -0.2) is 13.6 Å². The number of halogens is 3. The van der Waals surface area contributed by atoms with Gasteiger partial charge in [-0.05, 0) is 6.07 Å². The summed E-state index contributed by atoms with van der Waals surface area (Å²) in [5.74, 6) is -3.24. The number of hydrogen-bond donors (Lipinski definition) is 1. The molecule has 0 radical (unpaired) electrons. The predicted molar refractivity (Wildman–Crippen MR) is 52.8 cm³/mol. The summed E-state index contributed by atoms with van der Waals surface area (Å²) in [6.45, 7) is -0.121. The number of hydrogen-bond acceptors (Lipinski definition) is 3. The summed E-state index contributed by atoms with van der Waals surface area (Å²) in [6.07, 6.45) is 0. The van der Waals surface area contributed by atoms with Crippen molar-refractivity contribution in [3.8, 4) is 0 Å². The molecule has 0 spiro atoms. The molecule has 0 aliphatic heterocycles. The van der Waals surface area contributed by atoms with Gasteiger partial charge < -0.3 is 10.5 Å². The Kier molecular flexibility index (Phi) is 5.18. The Bertz CT molecular complexity index is 371. The highest BCUT2D eigenvalue weighted by atomic mass is 35.5. The van der Waals surface area contributed by atoms with Crippen molar-refractivity contribution < 1.29 is 18.3 Å². The molecule has 15 heavy (non-hydrogen) atoms. The second-order valence-corrected chi connectivity index (χ2v) is 2.60. The summed E-state index contributed by atoms with van der Waals surface area (Å²) in [5, 5.41) is 0. The van der Waals surface area contributed by atoms with Crippen LogP contribution in [0, 0.1) is 11.6 Å². The van der Waals surface area contributed by atoms with Gasteiger partial charge in [0, 0.05) is 12.1 Å². The summed E-state index contributed by atoms with van der Waals surface area (Å²) in [6, 6.07) is 2.40. The SMILES string of the molecule is COC(=O)c1ccc(CN)c(F)c1F.Cl. The highest BCUT2D eigenvalue weighted by Gasteiger charge is 2.17. The zero-order valence-corrected chi connectivity index (χ0v) is 8.74. The number of ether oxygens (including phenoxy) is 1. The van der Waals surface area contributed by atoms with Crippen LogP contribution in [0.4, 0.5) is 8.78 Å². The van der Waals surface area contributed by atoms with Crippen LogP contribution in [-0.4, -0.2) is 13.1 Å². The van der Waals surface area contributed by atoms with E-state index in [1.165, 1.54) is 6.07 Å². The van der Waals surface area contributed by atoms with Gasteiger partial charge in [0.05, 0.1) is 12.7 Å². The molecule has 0 unspecified atom stereocenters. The van der Waals surface area contributed by atoms with Gasteiger partial charge in [0.1, 0.15) is 0 Å².